The molecule has 0 amide bonds. The summed E-state index contributed by atoms with van der Waals surface area (Å²) in [4.78, 5) is 0. The highest BCUT2D eigenvalue weighted by Gasteiger charge is 2.16. The van der Waals surface area contributed by atoms with Crippen LogP contribution in [0.1, 0.15) is 64.7 Å². The van der Waals surface area contributed by atoms with Gasteiger partial charge in [0, 0.05) is 0 Å². The summed E-state index contributed by atoms with van der Waals surface area (Å²) in [6.45, 7) is 3.94. The lowest BCUT2D eigenvalue weighted by molar-refractivity contribution is -0.860. The van der Waals surface area contributed by atoms with E-state index in [0.29, 0.717) is 17.6 Å². The molecule has 2 N–H and O–H groups in total. The van der Waals surface area contributed by atoms with E-state index < -0.39 is 0 Å². The van der Waals surface area contributed by atoms with Crippen LogP contribution in [0.2, 0.25) is 0 Å². The minimum atomic E-state index is 0.165. The molecule has 0 aliphatic heterocycles. The Morgan fingerprint density at radius 1 is 0.800 bits per heavy atom. The molecular weight excluding hydrogens is 250 g/mol. The number of unbranched alkanes of at least 4 members (excludes halogenated alkanes) is 8. The molecule has 0 unspecified atom stereocenters. The van der Waals surface area contributed by atoms with Crippen LogP contribution in [0.4, 0.5) is 0 Å². The summed E-state index contributed by atoms with van der Waals surface area (Å²) in [5.74, 6) is 0. The largest absolute Gasteiger partial charge is 0.390 e. The maximum atomic E-state index is 9.06. The van der Waals surface area contributed by atoms with Crippen LogP contribution in [0, 0.1) is 0 Å². The van der Waals surface area contributed by atoms with E-state index in [4.69, 9.17) is 10.2 Å². The third-order valence-electron chi connectivity index (χ3n) is 3.91. The van der Waals surface area contributed by atoms with Gasteiger partial charge < -0.3 is 10.2 Å². The Balaban J connectivity index is 3.58. The Hall–Kier alpha value is -0.380. The Morgan fingerprint density at radius 3 is 1.80 bits per heavy atom. The predicted octanol–water partition coefficient (Wildman–Crippen LogP) is 3.46. The van der Waals surface area contributed by atoms with Gasteiger partial charge in [0.05, 0.1) is 26.5 Å². The van der Waals surface area contributed by atoms with Gasteiger partial charge in [-0.3, -0.25) is 4.48 Å². The fourth-order valence-electron chi connectivity index (χ4n) is 2.44. The van der Waals surface area contributed by atoms with Gasteiger partial charge in [0.25, 0.3) is 0 Å². The third-order valence-corrected chi connectivity index (χ3v) is 3.91. The van der Waals surface area contributed by atoms with Crippen LogP contribution in [-0.2, 0) is 0 Å². The van der Waals surface area contributed by atoms with Crippen LogP contribution >= 0.6 is 0 Å². The van der Waals surface area contributed by atoms with E-state index in [1.54, 1.807) is 0 Å². The first-order chi connectivity index (χ1) is 9.68. The highest BCUT2D eigenvalue weighted by Crippen LogP contribution is 2.10. The molecule has 0 saturated carbocycles. The minimum Gasteiger partial charge on any atom is -0.390 e. The average molecular weight is 286 g/mol. The molecule has 20 heavy (non-hydrogen) atoms. The fourth-order valence-corrected chi connectivity index (χ4v) is 2.44. The Labute approximate surface area is 125 Å². The van der Waals surface area contributed by atoms with Crippen molar-refractivity contribution in [3.63, 3.8) is 0 Å². The van der Waals surface area contributed by atoms with Gasteiger partial charge in [-0.15, -0.1) is 0 Å². The number of aliphatic hydroxyl groups excluding tert-OH is 2. The highest BCUT2D eigenvalue weighted by atomic mass is 16.3. The zero-order valence-electron chi connectivity index (χ0n) is 13.7. The van der Waals surface area contributed by atoms with Crippen LogP contribution < -0.4 is 0 Å². The first-order valence-corrected chi connectivity index (χ1v) is 8.42. The molecule has 0 rings (SSSR count). The van der Waals surface area contributed by atoms with Crippen molar-refractivity contribution in [2.45, 2.75) is 64.7 Å². The van der Waals surface area contributed by atoms with Gasteiger partial charge in [-0.2, -0.15) is 0 Å². The SMILES string of the molecule is CCCCCCCCCC/C=C/[N+](C)(CCO)CCO. The standard InChI is InChI=1S/C17H36NO2/c1-3-4-5-6-7-8-9-10-11-12-13-18(2,14-16-19)15-17-20/h12-13,19-20H,3-11,14-17H2,1-2H3/q+1/b13-12+. The summed E-state index contributed by atoms with van der Waals surface area (Å²) >= 11 is 0. The van der Waals surface area contributed by atoms with Gasteiger partial charge in [0.2, 0.25) is 0 Å². The number of aliphatic hydroxyl groups is 2. The van der Waals surface area contributed by atoms with Crippen molar-refractivity contribution in [2.75, 3.05) is 33.4 Å². The molecule has 0 aliphatic rings. The summed E-state index contributed by atoms with van der Waals surface area (Å²) in [5, 5.41) is 18.1. The summed E-state index contributed by atoms with van der Waals surface area (Å²) < 4.78 is 0.629. The third kappa shape index (κ3) is 11.4. The number of nitrogens with zero attached hydrogens (tertiary/aromatic N) is 1. The van der Waals surface area contributed by atoms with Crippen LogP contribution in [-0.4, -0.2) is 48.0 Å². The summed E-state index contributed by atoms with van der Waals surface area (Å²) in [6.07, 6.45) is 16.3. The lowest BCUT2D eigenvalue weighted by Crippen LogP contribution is -2.42. The number of likely N-dealkylation sites (N-methyl/N-ethyl adjacent to an activating group) is 1. The van der Waals surface area contributed by atoms with E-state index in [1.807, 2.05) is 0 Å². The summed E-state index contributed by atoms with van der Waals surface area (Å²) in [7, 11) is 2.05. The average Bonchev–Trinajstić information content (AvgIpc) is 2.41. The van der Waals surface area contributed by atoms with Crippen molar-refractivity contribution < 1.29 is 14.7 Å². The molecule has 0 spiro atoms. The lowest BCUT2D eigenvalue weighted by Gasteiger charge is -2.28. The molecule has 0 saturated heterocycles. The molecule has 0 aromatic rings. The molecule has 0 aromatic heterocycles. The zero-order valence-corrected chi connectivity index (χ0v) is 13.7. The predicted molar refractivity (Wildman–Crippen MR) is 86.5 cm³/mol. The zero-order chi connectivity index (χ0) is 15.1. The molecule has 0 radical (unpaired) electrons. The van der Waals surface area contributed by atoms with Crippen LogP contribution in [0.3, 0.4) is 0 Å². The summed E-state index contributed by atoms with van der Waals surface area (Å²) in [6, 6.07) is 0. The molecule has 0 bridgehead atoms. The van der Waals surface area contributed by atoms with Crippen molar-refractivity contribution in [2.24, 2.45) is 0 Å². The molecular formula is C17H36NO2+. The smallest absolute Gasteiger partial charge is 0.106 e. The molecule has 120 valence electrons. The number of quaternary nitrogens is 1. The number of hydrogen-bond acceptors (Lipinski definition) is 2. The highest BCUT2D eigenvalue weighted by molar-refractivity contribution is 4.74. The van der Waals surface area contributed by atoms with E-state index in [9.17, 15) is 0 Å². The van der Waals surface area contributed by atoms with E-state index in [-0.39, 0.29) is 13.2 Å². The monoisotopic (exact) mass is 286 g/mol. The van der Waals surface area contributed by atoms with Gasteiger partial charge in [0.1, 0.15) is 13.1 Å². The van der Waals surface area contributed by atoms with Crippen molar-refractivity contribution in [1.29, 1.82) is 0 Å². The molecule has 0 fully saturated rings. The van der Waals surface area contributed by atoms with Crippen molar-refractivity contribution in [3.8, 4) is 0 Å². The van der Waals surface area contributed by atoms with Crippen LogP contribution in [0.5, 0.6) is 0 Å². The maximum absolute atomic E-state index is 9.06. The number of allylic oxidation sites excluding steroid dienone is 1. The molecule has 3 nitrogen and oxygen atoms in total. The summed E-state index contributed by atoms with van der Waals surface area (Å²) in [5.41, 5.74) is 0. The van der Waals surface area contributed by atoms with Gasteiger partial charge in [-0.25, -0.2) is 0 Å². The first kappa shape index (κ1) is 19.6. The Morgan fingerprint density at radius 2 is 1.30 bits per heavy atom. The van der Waals surface area contributed by atoms with E-state index in [1.165, 1.54) is 51.4 Å². The molecule has 0 aromatic carbocycles. The molecule has 0 aliphatic carbocycles. The van der Waals surface area contributed by atoms with Gasteiger partial charge >= 0.3 is 0 Å². The molecule has 0 heterocycles. The lowest BCUT2D eigenvalue weighted by atomic mass is 10.1. The quantitative estimate of drug-likeness (QED) is 0.379. The maximum Gasteiger partial charge on any atom is 0.106 e. The van der Waals surface area contributed by atoms with Crippen molar-refractivity contribution >= 4 is 0 Å². The number of rotatable bonds is 14. The van der Waals surface area contributed by atoms with Gasteiger partial charge in [-0.05, 0) is 18.9 Å². The van der Waals surface area contributed by atoms with E-state index in [0.717, 1.165) is 6.42 Å². The molecule has 3 heteroatoms. The number of hydrogen-bond donors (Lipinski definition) is 2. The second-order valence-electron chi connectivity index (χ2n) is 6.02. The fraction of sp³-hybridized carbons (Fsp3) is 0.882. The Kier molecular flexibility index (Phi) is 13.3. The normalized spacial score (nSPS) is 12.4. The van der Waals surface area contributed by atoms with Gasteiger partial charge in [-0.1, -0.05) is 51.9 Å². The second-order valence-corrected chi connectivity index (χ2v) is 6.02. The topological polar surface area (TPSA) is 40.5 Å². The second kappa shape index (κ2) is 13.6. The van der Waals surface area contributed by atoms with E-state index in [2.05, 4.69) is 26.2 Å². The Bertz CT molecular complexity index is 223. The minimum absolute atomic E-state index is 0.165. The van der Waals surface area contributed by atoms with Gasteiger partial charge in [0.15, 0.2) is 0 Å². The first-order valence-electron chi connectivity index (χ1n) is 8.42. The van der Waals surface area contributed by atoms with Crippen molar-refractivity contribution in [3.05, 3.63) is 12.3 Å². The van der Waals surface area contributed by atoms with Crippen LogP contribution in [0.25, 0.3) is 0 Å². The van der Waals surface area contributed by atoms with Crippen molar-refractivity contribution in [1.82, 2.24) is 0 Å². The van der Waals surface area contributed by atoms with E-state index >= 15 is 0 Å². The van der Waals surface area contributed by atoms with Crippen LogP contribution in [0.15, 0.2) is 12.3 Å². The molecule has 0 atom stereocenters.